The zero-order valence-corrected chi connectivity index (χ0v) is 40.1. The molecular formula is C54H61N9O10. The van der Waals surface area contributed by atoms with Crippen LogP contribution < -0.4 is 37.3 Å². The van der Waals surface area contributed by atoms with Gasteiger partial charge in [-0.15, -0.1) is 0 Å². The van der Waals surface area contributed by atoms with E-state index >= 15 is 0 Å². The third-order valence-corrected chi connectivity index (χ3v) is 12.9. The van der Waals surface area contributed by atoms with Gasteiger partial charge in [0.2, 0.25) is 0 Å². The standard InChI is InChI=1S/C54H61N9O10/c1-55-50(67)44(29-47-56-22-23-57-47)63-51(68)42(24-31-10-4-2-5-11-31)62-52(69)43(25-32-30-59-41-13-8-7-12-36(32)41)61-48(66)14-6-3-9-21-58-54(72)60-33-15-18-37(40(26-33)53(70)71)49-38-19-16-34(64)27-45(38)73-46-28-35(65)17-20-39(46)49/h2,4-5,7-8,10-13,15-20,22-23,26-28,30,42-44,48,50-52,55,59,61-64,66-69H,3,6,9,14,21,24-25,29H2,1H3,(H,56,57)(H,70,71)(H2,58,60,72)/t42-,43-,44-,48+,50-,51+,52-/m0/s1. The lowest BCUT2D eigenvalue weighted by atomic mass is 9.90. The highest BCUT2D eigenvalue weighted by atomic mass is 16.4. The van der Waals surface area contributed by atoms with Crippen LogP contribution in [0.25, 0.3) is 44.3 Å². The van der Waals surface area contributed by atoms with Gasteiger partial charge in [-0.1, -0.05) is 61.0 Å². The number of carbonyl (C=O) groups is 2. The highest BCUT2D eigenvalue weighted by Crippen LogP contribution is 2.42. The number of imidazole rings is 1. The van der Waals surface area contributed by atoms with Crippen molar-refractivity contribution in [3.63, 3.8) is 0 Å². The number of hydrogen-bond donors (Lipinski definition) is 14. The lowest BCUT2D eigenvalue weighted by Gasteiger charge is -2.35. The summed E-state index contributed by atoms with van der Waals surface area (Å²) in [7, 11) is 1.61. The second kappa shape index (κ2) is 24.3. The van der Waals surface area contributed by atoms with Crippen LogP contribution in [0.2, 0.25) is 0 Å². The Labute approximate surface area is 420 Å². The predicted molar refractivity (Wildman–Crippen MR) is 277 cm³/mol. The number of nitrogens with one attached hydrogen (secondary N) is 8. The first-order valence-electron chi connectivity index (χ1n) is 24.2. The summed E-state index contributed by atoms with van der Waals surface area (Å²) in [6.45, 7) is 0.290. The summed E-state index contributed by atoms with van der Waals surface area (Å²) in [5, 5.41) is 85.9. The third-order valence-electron chi connectivity index (χ3n) is 12.9. The summed E-state index contributed by atoms with van der Waals surface area (Å²) in [6, 6.07) is 27.8. The number of rotatable bonds is 25. The summed E-state index contributed by atoms with van der Waals surface area (Å²) in [5.41, 5.74) is 4.10. The maximum Gasteiger partial charge on any atom is 0.336 e. The largest absolute Gasteiger partial charge is 0.508 e. The molecule has 0 saturated carbocycles. The Kier molecular flexibility index (Phi) is 17.3. The van der Waals surface area contributed by atoms with Crippen LogP contribution in [0.15, 0.2) is 137 Å². The van der Waals surface area contributed by atoms with Crippen LogP contribution in [0, 0.1) is 0 Å². The minimum absolute atomic E-state index is 0.0679. The van der Waals surface area contributed by atoms with Crippen molar-refractivity contribution >= 4 is 39.6 Å². The smallest absolute Gasteiger partial charge is 0.336 e. The molecule has 4 aromatic carbocycles. The molecule has 382 valence electrons. The lowest BCUT2D eigenvalue weighted by Crippen LogP contribution is -2.62. The van der Waals surface area contributed by atoms with Crippen molar-refractivity contribution in [2.24, 2.45) is 0 Å². The number of carbonyl (C=O) groups excluding carboxylic acids is 1. The maximum atomic E-state index is 13.0. The van der Waals surface area contributed by atoms with E-state index in [0.717, 1.165) is 22.0 Å². The fraction of sp³-hybridized carbons (Fsp3) is 0.296. The number of phenols is 1. The van der Waals surface area contributed by atoms with Gasteiger partial charge in [0, 0.05) is 76.8 Å². The van der Waals surface area contributed by atoms with Crippen molar-refractivity contribution in [3.05, 3.63) is 161 Å². The number of carboxylic acids is 1. The second-order valence-corrected chi connectivity index (χ2v) is 18.1. The Hall–Kier alpha value is -7.46. The van der Waals surface area contributed by atoms with Gasteiger partial charge < -0.3 is 55.7 Å². The number of aliphatic hydroxyl groups is 4. The molecule has 0 spiro atoms. The summed E-state index contributed by atoms with van der Waals surface area (Å²) in [6.07, 6.45) is 3.51. The van der Waals surface area contributed by atoms with Crippen molar-refractivity contribution in [2.75, 3.05) is 18.9 Å². The Bertz CT molecular complexity index is 3110. The molecule has 7 atom stereocenters. The fourth-order valence-electron chi connectivity index (χ4n) is 9.19. The van der Waals surface area contributed by atoms with Gasteiger partial charge in [-0.05, 0) is 98.3 Å². The molecular weight excluding hydrogens is 935 g/mol. The average Bonchev–Trinajstić information content (AvgIpc) is 4.06. The molecule has 0 fully saturated rings. The van der Waals surface area contributed by atoms with Crippen molar-refractivity contribution in [2.45, 2.75) is 88.0 Å². The number of anilines is 1. The van der Waals surface area contributed by atoms with E-state index in [1.165, 1.54) is 30.3 Å². The number of aromatic carboxylic acids is 1. The van der Waals surface area contributed by atoms with Gasteiger partial charge in [0.25, 0.3) is 0 Å². The SMILES string of the molecule is CN[C@@H](O)[C@H](Cc1ncc[nH]1)N[C@H](O)[C@H](Cc1ccccc1)N[C@@H](O)[C@H](Cc1c[nH]c2ccccc12)N[C@H](O)CCCCCNC(=O)Nc1ccc(-c2c3ccc(=O)cc-3oc3cc(O)ccc23)c(C(=O)O)c1. The highest BCUT2D eigenvalue weighted by Gasteiger charge is 2.32. The maximum absolute atomic E-state index is 13.0. The van der Waals surface area contributed by atoms with Gasteiger partial charge in [-0.3, -0.25) is 26.1 Å². The zero-order chi connectivity index (χ0) is 51.4. The number of aromatic nitrogens is 3. The number of H-pyrrole nitrogens is 2. The Balaban J connectivity index is 0.881. The molecule has 3 heterocycles. The molecule has 0 radical (unpaired) electrons. The number of unbranched alkanes of at least 4 members (excludes halogenated alkanes) is 2. The Morgan fingerprint density at radius 3 is 2.22 bits per heavy atom. The van der Waals surface area contributed by atoms with E-state index in [1.54, 1.807) is 43.7 Å². The number of benzene rings is 5. The molecule has 2 aromatic heterocycles. The summed E-state index contributed by atoms with van der Waals surface area (Å²) >= 11 is 0. The van der Waals surface area contributed by atoms with E-state index in [4.69, 9.17) is 4.42 Å². The summed E-state index contributed by atoms with van der Waals surface area (Å²) in [5.74, 6) is -0.487. The van der Waals surface area contributed by atoms with Gasteiger partial charge >= 0.3 is 12.0 Å². The van der Waals surface area contributed by atoms with Crippen molar-refractivity contribution in [1.82, 2.24) is 41.5 Å². The molecule has 0 bridgehead atoms. The molecule has 73 heavy (non-hydrogen) atoms. The molecule has 8 rings (SSSR count). The molecule has 19 heteroatoms. The molecule has 2 aliphatic rings. The Morgan fingerprint density at radius 2 is 1.47 bits per heavy atom. The number of hydrogen-bond acceptors (Lipinski definition) is 14. The number of aliphatic hydroxyl groups excluding tert-OH is 4. The molecule has 1 aliphatic heterocycles. The molecule has 6 aromatic rings. The van der Waals surface area contributed by atoms with E-state index in [2.05, 4.69) is 46.9 Å². The van der Waals surface area contributed by atoms with Crippen molar-refractivity contribution in [1.29, 1.82) is 0 Å². The van der Waals surface area contributed by atoms with Crippen LogP contribution in [-0.4, -0.2) is 114 Å². The quantitative estimate of drug-likeness (QED) is 0.0205. The van der Waals surface area contributed by atoms with Crippen molar-refractivity contribution < 1.29 is 44.6 Å². The third kappa shape index (κ3) is 13.3. The number of fused-ring (bicyclic) bond motifs is 3. The van der Waals surface area contributed by atoms with Gasteiger partial charge in [0.1, 0.15) is 47.8 Å². The molecule has 14 N–H and O–H groups in total. The lowest BCUT2D eigenvalue weighted by molar-refractivity contribution is -0.00306. The number of likely N-dealkylation sites (N-methyl/N-ethyl adjacent to an activating group) is 1. The van der Waals surface area contributed by atoms with Crippen LogP contribution in [0.4, 0.5) is 10.5 Å². The zero-order valence-electron chi connectivity index (χ0n) is 40.1. The summed E-state index contributed by atoms with van der Waals surface area (Å²) in [4.78, 5) is 48.5. The van der Waals surface area contributed by atoms with E-state index < -0.39 is 55.0 Å². The molecule has 2 amide bonds. The molecule has 0 saturated heterocycles. The number of aromatic hydroxyl groups is 1. The van der Waals surface area contributed by atoms with Gasteiger partial charge in [-0.25, -0.2) is 14.6 Å². The number of carboxylic acid groups (broad SMARTS) is 1. The van der Waals surface area contributed by atoms with E-state index in [9.17, 15) is 45.0 Å². The number of nitrogens with zero attached hydrogens (tertiary/aromatic N) is 1. The second-order valence-electron chi connectivity index (χ2n) is 18.1. The minimum atomic E-state index is -1.28. The Morgan fingerprint density at radius 1 is 0.726 bits per heavy atom. The van der Waals surface area contributed by atoms with Crippen LogP contribution in [0.1, 0.15) is 53.0 Å². The monoisotopic (exact) mass is 995 g/mol. The van der Waals surface area contributed by atoms with Crippen LogP contribution >= 0.6 is 0 Å². The number of phenolic OH excluding ortho intramolecular Hbond substituents is 1. The number of amides is 2. The van der Waals surface area contributed by atoms with E-state index in [1.807, 2.05) is 60.8 Å². The molecule has 1 aliphatic carbocycles. The van der Waals surface area contributed by atoms with E-state index in [0.29, 0.717) is 66.4 Å². The number of para-hydroxylation sites is 1. The van der Waals surface area contributed by atoms with Crippen LogP contribution in [0.3, 0.4) is 0 Å². The highest BCUT2D eigenvalue weighted by molar-refractivity contribution is 6.08. The van der Waals surface area contributed by atoms with Gasteiger partial charge in [0.05, 0.1) is 23.7 Å². The van der Waals surface area contributed by atoms with Crippen LogP contribution in [0.5, 0.6) is 5.75 Å². The number of urea groups is 1. The fourth-order valence-corrected chi connectivity index (χ4v) is 9.19. The first-order valence-corrected chi connectivity index (χ1v) is 24.2. The first kappa shape index (κ1) is 51.9. The number of aromatic amines is 2. The van der Waals surface area contributed by atoms with E-state index in [-0.39, 0.29) is 46.7 Å². The van der Waals surface area contributed by atoms with Gasteiger partial charge in [0.15, 0.2) is 5.43 Å². The predicted octanol–water partition coefficient (Wildman–Crippen LogP) is 4.95. The normalized spacial score (nSPS) is 14.6. The molecule has 0 unspecified atom stereocenters. The van der Waals surface area contributed by atoms with Gasteiger partial charge in [-0.2, -0.15) is 0 Å². The average molecular weight is 996 g/mol. The first-order chi connectivity index (χ1) is 35.3. The summed E-state index contributed by atoms with van der Waals surface area (Å²) < 4.78 is 5.92. The van der Waals surface area contributed by atoms with Crippen molar-refractivity contribution in [3.8, 4) is 28.2 Å². The minimum Gasteiger partial charge on any atom is -0.508 e. The van der Waals surface area contributed by atoms with Crippen LogP contribution in [-0.2, 0) is 19.3 Å². The topological polar surface area (TPSA) is 302 Å². The molecule has 19 nitrogen and oxygen atoms in total.